The third-order valence-corrected chi connectivity index (χ3v) is 4.44. The Labute approximate surface area is 113 Å². The zero-order valence-corrected chi connectivity index (χ0v) is 11.4. The quantitative estimate of drug-likeness (QED) is 0.723. The highest BCUT2D eigenvalue weighted by Gasteiger charge is 2.37. The maximum Gasteiger partial charge on any atom is 0.273 e. The number of nitrogens with zero attached hydrogens (tertiary/aromatic N) is 4. The van der Waals surface area contributed by atoms with Crippen molar-refractivity contribution >= 4 is 5.91 Å². The second-order valence-corrected chi connectivity index (χ2v) is 5.79. The van der Waals surface area contributed by atoms with E-state index in [0.29, 0.717) is 11.1 Å². The largest absolute Gasteiger partial charge is 0.337 e. The molecule has 0 aromatic carbocycles. The Hall–Kier alpha value is -1.65. The summed E-state index contributed by atoms with van der Waals surface area (Å²) in [7, 11) is 1.77. The number of aryl methyl sites for hydroxylation is 1. The van der Waals surface area contributed by atoms with Gasteiger partial charge in [-0.3, -0.25) is 4.79 Å². The summed E-state index contributed by atoms with van der Waals surface area (Å²) in [6.07, 6.45) is 11.9. The lowest BCUT2D eigenvalue weighted by Crippen LogP contribution is -2.46. The summed E-state index contributed by atoms with van der Waals surface area (Å²) in [6, 6.07) is 0. The molecular weight excluding hydrogens is 240 g/mol. The van der Waals surface area contributed by atoms with Gasteiger partial charge in [0, 0.05) is 20.1 Å². The molecule has 1 aromatic heterocycles. The molecule has 102 valence electrons. The van der Waals surface area contributed by atoms with Gasteiger partial charge in [-0.05, 0) is 37.5 Å². The van der Waals surface area contributed by atoms with Gasteiger partial charge >= 0.3 is 0 Å². The maximum absolute atomic E-state index is 12.5. The molecule has 1 aliphatic carbocycles. The van der Waals surface area contributed by atoms with Crippen LogP contribution in [0.3, 0.4) is 0 Å². The van der Waals surface area contributed by atoms with E-state index in [2.05, 4.69) is 22.5 Å². The van der Waals surface area contributed by atoms with Crippen LogP contribution in [0.2, 0.25) is 0 Å². The number of piperidine rings is 1. The van der Waals surface area contributed by atoms with Gasteiger partial charge in [0.05, 0.1) is 6.20 Å². The number of carbonyl (C=O) groups excluding carboxylic acids is 1. The maximum atomic E-state index is 12.5. The third kappa shape index (κ3) is 2.29. The summed E-state index contributed by atoms with van der Waals surface area (Å²) in [6.45, 7) is 1.73. The minimum absolute atomic E-state index is 0.0705. The number of carbonyl (C=O) groups is 1. The number of hydrogen-bond acceptors (Lipinski definition) is 3. The van der Waals surface area contributed by atoms with Gasteiger partial charge in [-0.2, -0.15) is 0 Å². The molecule has 1 saturated heterocycles. The van der Waals surface area contributed by atoms with E-state index in [-0.39, 0.29) is 5.91 Å². The van der Waals surface area contributed by atoms with Crippen LogP contribution in [0.25, 0.3) is 0 Å². The Kier molecular flexibility index (Phi) is 3.12. The number of aromatic nitrogens is 3. The molecule has 5 heteroatoms. The van der Waals surface area contributed by atoms with Crippen LogP contribution in [0, 0.1) is 5.41 Å². The first-order valence-electron chi connectivity index (χ1n) is 6.99. The number of rotatable bonds is 1. The smallest absolute Gasteiger partial charge is 0.273 e. The lowest BCUT2D eigenvalue weighted by molar-refractivity contribution is 0.0474. The minimum atomic E-state index is 0.0705. The van der Waals surface area contributed by atoms with Gasteiger partial charge in [0.25, 0.3) is 5.91 Å². The predicted molar refractivity (Wildman–Crippen MR) is 71.6 cm³/mol. The lowest BCUT2D eigenvalue weighted by Gasteiger charge is -2.43. The van der Waals surface area contributed by atoms with E-state index in [9.17, 15) is 4.79 Å². The van der Waals surface area contributed by atoms with Crippen LogP contribution in [-0.4, -0.2) is 38.9 Å². The Balaban J connectivity index is 1.77. The van der Waals surface area contributed by atoms with Crippen LogP contribution in [-0.2, 0) is 7.05 Å². The average molecular weight is 260 g/mol. The molecular formula is C14H20N4O. The topological polar surface area (TPSA) is 51.0 Å². The first kappa shape index (κ1) is 12.4. The van der Waals surface area contributed by atoms with Gasteiger partial charge in [0.2, 0.25) is 0 Å². The number of likely N-dealkylation sites (tertiary alicyclic amines) is 1. The molecule has 1 aliphatic heterocycles. The molecule has 0 saturated carbocycles. The predicted octanol–water partition coefficient (Wildman–Crippen LogP) is 1.78. The highest BCUT2D eigenvalue weighted by molar-refractivity contribution is 5.92. The van der Waals surface area contributed by atoms with E-state index in [0.717, 1.165) is 32.4 Å². The fourth-order valence-corrected chi connectivity index (χ4v) is 3.34. The number of allylic oxidation sites excluding steroid dienone is 2. The monoisotopic (exact) mass is 260 g/mol. The molecule has 19 heavy (non-hydrogen) atoms. The molecule has 2 heterocycles. The van der Waals surface area contributed by atoms with E-state index in [1.807, 2.05) is 4.90 Å². The van der Waals surface area contributed by atoms with Crippen molar-refractivity contribution in [2.45, 2.75) is 32.1 Å². The summed E-state index contributed by atoms with van der Waals surface area (Å²) in [5.41, 5.74) is 0.901. The zero-order chi connectivity index (χ0) is 13.3. The molecule has 1 atom stereocenters. The van der Waals surface area contributed by atoms with Gasteiger partial charge in [-0.1, -0.05) is 17.4 Å². The molecule has 0 unspecified atom stereocenters. The zero-order valence-electron chi connectivity index (χ0n) is 11.4. The first-order chi connectivity index (χ1) is 9.20. The molecule has 3 rings (SSSR count). The molecule has 0 radical (unpaired) electrons. The normalized spacial score (nSPS) is 26.9. The van der Waals surface area contributed by atoms with Crippen molar-refractivity contribution in [1.82, 2.24) is 19.9 Å². The van der Waals surface area contributed by atoms with E-state index >= 15 is 0 Å². The summed E-state index contributed by atoms with van der Waals surface area (Å²) in [4.78, 5) is 14.5. The highest BCUT2D eigenvalue weighted by Crippen LogP contribution is 2.40. The van der Waals surface area contributed by atoms with Crippen molar-refractivity contribution in [3.05, 3.63) is 24.0 Å². The first-order valence-corrected chi connectivity index (χ1v) is 6.99. The molecule has 1 aromatic rings. The Morgan fingerprint density at radius 1 is 1.37 bits per heavy atom. The summed E-state index contributed by atoms with van der Waals surface area (Å²) >= 11 is 0. The van der Waals surface area contributed by atoms with Gasteiger partial charge < -0.3 is 4.90 Å². The molecule has 0 N–H and O–H groups in total. The summed E-state index contributed by atoms with van der Waals surface area (Å²) in [5.74, 6) is 0.0705. The Bertz CT molecular complexity index is 507. The van der Waals surface area contributed by atoms with Crippen LogP contribution in [0.15, 0.2) is 18.3 Å². The van der Waals surface area contributed by atoms with Crippen molar-refractivity contribution in [1.29, 1.82) is 0 Å². The molecule has 2 aliphatic rings. The molecule has 1 amide bonds. The van der Waals surface area contributed by atoms with Gasteiger partial charge in [-0.15, -0.1) is 5.10 Å². The van der Waals surface area contributed by atoms with Crippen LogP contribution in [0.5, 0.6) is 0 Å². The molecule has 1 spiro atoms. The van der Waals surface area contributed by atoms with E-state index in [4.69, 9.17) is 0 Å². The standard InChI is InChI=1S/C14H20N4O/c1-17-12(10-15-16-17)13(19)18-9-5-8-14(11-18)6-3-2-4-7-14/h2-3,10H,4-9,11H2,1H3/t14-/m0/s1. The molecule has 0 bridgehead atoms. The van der Waals surface area contributed by atoms with Crippen LogP contribution in [0.1, 0.15) is 42.6 Å². The van der Waals surface area contributed by atoms with E-state index in [1.165, 1.54) is 12.8 Å². The average Bonchev–Trinajstić information content (AvgIpc) is 2.85. The van der Waals surface area contributed by atoms with E-state index in [1.54, 1.807) is 17.9 Å². The second-order valence-electron chi connectivity index (χ2n) is 5.79. The lowest BCUT2D eigenvalue weighted by atomic mass is 9.71. The van der Waals surface area contributed by atoms with E-state index < -0.39 is 0 Å². The van der Waals surface area contributed by atoms with Crippen LogP contribution in [0.4, 0.5) is 0 Å². The van der Waals surface area contributed by atoms with Crippen LogP contribution < -0.4 is 0 Å². The minimum Gasteiger partial charge on any atom is -0.337 e. The van der Waals surface area contributed by atoms with Crippen molar-refractivity contribution < 1.29 is 4.79 Å². The van der Waals surface area contributed by atoms with Crippen molar-refractivity contribution in [3.63, 3.8) is 0 Å². The van der Waals surface area contributed by atoms with Gasteiger partial charge in [0.15, 0.2) is 0 Å². The third-order valence-electron chi connectivity index (χ3n) is 4.44. The Morgan fingerprint density at radius 2 is 2.26 bits per heavy atom. The number of amides is 1. The summed E-state index contributed by atoms with van der Waals surface area (Å²) in [5, 5.41) is 7.64. The fraction of sp³-hybridized carbons (Fsp3) is 0.643. The van der Waals surface area contributed by atoms with Gasteiger partial charge in [-0.25, -0.2) is 4.68 Å². The SMILES string of the molecule is Cn1nncc1C(=O)N1CCC[C@@]2(CC=CCC2)C1. The van der Waals surface area contributed by atoms with Crippen molar-refractivity contribution in [2.24, 2.45) is 12.5 Å². The van der Waals surface area contributed by atoms with Crippen molar-refractivity contribution in [3.8, 4) is 0 Å². The fourth-order valence-electron chi connectivity index (χ4n) is 3.34. The molecule has 1 fully saturated rings. The molecule has 5 nitrogen and oxygen atoms in total. The Morgan fingerprint density at radius 3 is 2.95 bits per heavy atom. The summed E-state index contributed by atoms with van der Waals surface area (Å²) < 4.78 is 1.56. The highest BCUT2D eigenvalue weighted by atomic mass is 16.2. The number of hydrogen-bond donors (Lipinski definition) is 0. The van der Waals surface area contributed by atoms with Gasteiger partial charge in [0.1, 0.15) is 5.69 Å². The van der Waals surface area contributed by atoms with Crippen molar-refractivity contribution in [2.75, 3.05) is 13.1 Å². The second kappa shape index (κ2) is 4.79. The van der Waals surface area contributed by atoms with Crippen LogP contribution >= 0.6 is 0 Å².